The average Bonchev–Trinajstić information content (AvgIpc) is 3.18. The average molecular weight is 437 g/mol. The highest BCUT2D eigenvalue weighted by Crippen LogP contribution is 2.44. The molecule has 166 valence electrons. The minimum absolute atomic E-state index is 0.0564. The third-order valence-electron chi connectivity index (χ3n) is 6.18. The van der Waals surface area contributed by atoms with Gasteiger partial charge in [-0.2, -0.15) is 0 Å². The van der Waals surface area contributed by atoms with Crippen molar-refractivity contribution in [3.8, 4) is 17.1 Å². The van der Waals surface area contributed by atoms with Crippen molar-refractivity contribution in [2.24, 2.45) is 0 Å². The number of aromatic amines is 1. The second-order valence-corrected chi connectivity index (χ2v) is 8.11. The van der Waals surface area contributed by atoms with E-state index >= 15 is 0 Å². The van der Waals surface area contributed by atoms with Gasteiger partial charge in [-0.3, -0.25) is 4.79 Å². The number of anilines is 3. The lowest BCUT2D eigenvalue weighted by Crippen LogP contribution is -2.54. The highest BCUT2D eigenvalue weighted by atomic mass is 19.1. The van der Waals surface area contributed by atoms with Gasteiger partial charge in [0.15, 0.2) is 11.6 Å². The number of nitrogens with two attached hydrogens (primary N) is 1. The van der Waals surface area contributed by atoms with Gasteiger partial charge in [0, 0.05) is 30.4 Å². The molecule has 9 nitrogen and oxygen atoms in total. The number of rotatable bonds is 4. The lowest BCUT2D eigenvalue weighted by molar-refractivity contribution is 0.0916. The number of nitrogens with one attached hydrogen (secondary N) is 4. The number of nitrogens with zero attached hydrogens (tertiary/aromatic N) is 2. The minimum atomic E-state index is -0.507. The maximum atomic E-state index is 14.4. The van der Waals surface area contributed by atoms with Gasteiger partial charge < -0.3 is 31.4 Å². The second-order valence-electron chi connectivity index (χ2n) is 8.11. The zero-order chi connectivity index (χ0) is 22.3. The van der Waals surface area contributed by atoms with Gasteiger partial charge in [-0.05, 0) is 37.6 Å². The monoisotopic (exact) mass is 437 g/mol. The van der Waals surface area contributed by atoms with E-state index in [-0.39, 0.29) is 23.0 Å². The number of carbonyl (C=O) groups is 1. The van der Waals surface area contributed by atoms with Crippen LogP contribution in [0, 0.1) is 5.82 Å². The Hall–Kier alpha value is -3.66. The molecule has 0 saturated carbocycles. The van der Waals surface area contributed by atoms with E-state index in [1.807, 2.05) is 0 Å². The SMILES string of the molecule is COc1c(F)cccc1Nc1c(-c2ccnc(N)n2)[nH]c2c1C(=O)NC[C@@]21CCCNC1. The van der Waals surface area contributed by atoms with Crippen LogP contribution in [0.5, 0.6) is 5.75 Å². The Morgan fingerprint density at radius 1 is 1.28 bits per heavy atom. The van der Waals surface area contributed by atoms with E-state index in [4.69, 9.17) is 10.5 Å². The molecule has 0 radical (unpaired) electrons. The highest BCUT2D eigenvalue weighted by Gasteiger charge is 2.44. The number of nitrogen functional groups attached to an aromatic ring is 1. The van der Waals surface area contributed by atoms with Gasteiger partial charge in [-0.25, -0.2) is 14.4 Å². The van der Waals surface area contributed by atoms with Crippen LogP contribution >= 0.6 is 0 Å². The number of benzene rings is 1. The molecule has 2 aromatic heterocycles. The third kappa shape index (κ3) is 3.23. The van der Waals surface area contributed by atoms with Crippen LogP contribution < -0.4 is 26.4 Å². The lowest BCUT2D eigenvalue weighted by Gasteiger charge is -2.40. The molecule has 1 saturated heterocycles. The van der Waals surface area contributed by atoms with Crippen LogP contribution in [0.2, 0.25) is 0 Å². The summed E-state index contributed by atoms with van der Waals surface area (Å²) in [5.41, 5.74) is 8.86. The van der Waals surface area contributed by atoms with Crippen molar-refractivity contribution in [3.05, 3.63) is 47.5 Å². The maximum absolute atomic E-state index is 14.4. The molecule has 1 amide bonds. The summed E-state index contributed by atoms with van der Waals surface area (Å²) in [6, 6.07) is 6.30. The number of halogens is 1. The number of H-pyrrole nitrogens is 1. The molecule has 1 fully saturated rings. The van der Waals surface area contributed by atoms with Gasteiger partial charge in [0.05, 0.1) is 35.4 Å². The third-order valence-corrected chi connectivity index (χ3v) is 6.18. The normalized spacial score (nSPS) is 20.0. The topological polar surface area (TPSA) is 130 Å². The maximum Gasteiger partial charge on any atom is 0.255 e. The molecule has 0 aliphatic carbocycles. The number of carbonyl (C=O) groups excluding carboxylic acids is 1. The molecule has 2 aliphatic rings. The smallest absolute Gasteiger partial charge is 0.255 e. The van der Waals surface area contributed by atoms with E-state index in [9.17, 15) is 9.18 Å². The molecule has 32 heavy (non-hydrogen) atoms. The Balaban J connectivity index is 1.73. The predicted octanol–water partition coefficient (Wildman–Crippen LogP) is 2.31. The lowest BCUT2D eigenvalue weighted by atomic mass is 9.74. The van der Waals surface area contributed by atoms with Gasteiger partial charge >= 0.3 is 0 Å². The summed E-state index contributed by atoms with van der Waals surface area (Å²) in [5.74, 6) is -0.547. The molecule has 4 heterocycles. The Kier molecular flexibility index (Phi) is 4.93. The van der Waals surface area contributed by atoms with Crippen molar-refractivity contribution in [1.82, 2.24) is 25.6 Å². The molecule has 1 aromatic carbocycles. The second kappa shape index (κ2) is 7.79. The van der Waals surface area contributed by atoms with Crippen LogP contribution in [0.3, 0.4) is 0 Å². The highest BCUT2D eigenvalue weighted by molar-refractivity contribution is 6.06. The van der Waals surface area contributed by atoms with Crippen molar-refractivity contribution in [3.63, 3.8) is 0 Å². The van der Waals surface area contributed by atoms with Crippen molar-refractivity contribution >= 4 is 23.2 Å². The quantitative estimate of drug-likeness (QED) is 0.423. The molecule has 2 aliphatic heterocycles. The summed E-state index contributed by atoms with van der Waals surface area (Å²) in [6.45, 7) is 2.20. The number of aromatic nitrogens is 3. The fourth-order valence-corrected chi connectivity index (χ4v) is 4.66. The van der Waals surface area contributed by atoms with Gasteiger partial charge in [0.25, 0.3) is 5.91 Å². The molecule has 5 rings (SSSR count). The van der Waals surface area contributed by atoms with Gasteiger partial charge in [0.2, 0.25) is 5.95 Å². The number of hydrogen-bond donors (Lipinski definition) is 5. The summed E-state index contributed by atoms with van der Waals surface area (Å²) >= 11 is 0. The van der Waals surface area contributed by atoms with Crippen LogP contribution in [-0.4, -0.2) is 47.6 Å². The van der Waals surface area contributed by atoms with Crippen LogP contribution in [0.15, 0.2) is 30.5 Å². The Labute approximate surface area is 184 Å². The van der Waals surface area contributed by atoms with Crippen LogP contribution in [0.1, 0.15) is 28.9 Å². The fourth-order valence-electron chi connectivity index (χ4n) is 4.66. The first-order valence-electron chi connectivity index (χ1n) is 10.5. The number of methoxy groups -OCH3 is 1. The van der Waals surface area contributed by atoms with E-state index < -0.39 is 5.82 Å². The van der Waals surface area contributed by atoms with Gasteiger partial charge in [0.1, 0.15) is 0 Å². The van der Waals surface area contributed by atoms with Crippen molar-refractivity contribution < 1.29 is 13.9 Å². The number of amides is 1. The fraction of sp³-hybridized carbons (Fsp3) is 0.318. The molecular formula is C22H24FN7O2. The van der Waals surface area contributed by atoms with E-state index in [0.29, 0.717) is 34.9 Å². The molecule has 0 bridgehead atoms. The van der Waals surface area contributed by atoms with E-state index in [1.54, 1.807) is 24.4 Å². The number of para-hydroxylation sites is 1. The molecule has 1 atom stereocenters. The summed E-state index contributed by atoms with van der Waals surface area (Å²) in [6.07, 6.45) is 3.47. The first-order chi connectivity index (χ1) is 15.5. The van der Waals surface area contributed by atoms with Crippen LogP contribution in [-0.2, 0) is 5.41 Å². The van der Waals surface area contributed by atoms with Crippen LogP contribution in [0.25, 0.3) is 11.4 Å². The molecule has 10 heteroatoms. The van der Waals surface area contributed by atoms with Gasteiger partial charge in [-0.15, -0.1) is 0 Å². The van der Waals surface area contributed by atoms with E-state index in [0.717, 1.165) is 31.6 Å². The Morgan fingerprint density at radius 2 is 2.16 bits per heavy atom. The molecule has 0 unspecified atom stereocenters. The zero-order valence-electron chi connectivity index (χ0n) is 17.6. The summed E-state index contributed by atoms with van der Waals surface area (Å²) in [5, 5.41) is 9.72. The van der Waals surface area contributed by atoms with Crippen molar-refractivity contribution in [1.29, 1.82) is 0 Å². The first-order valence-corrected chi connectivity index (χ1v) is 10.5. The number of ether oxygens (including phenoxy) is 1. The Bertz CT molecular complexity index is 1190. The minimum Gasteiger partial charge on any atom is -0.492 e. The molecular weight excluding hydrogens is 413 g/mol. The zero-order valence-corrected chi connectivity index (χ0v) is 17.6. The number of fused-ring (bicyclic) bond motifs is 2. The number of piperidine rings is 1. The van der Waals surface area contributed by atoms with E-state index in [1.165, 1.54) is 13.2 Å². The number of hydrogen-bond acceptors (Lipinski definition) is 7. The molecule has 6 N–H and O–H groups in total. The van der Waals surface area contributed by atoms with Crippen molar-refractivity contribution in [2.75, 3.05) is 37.8 Å². The molecule has 3 aromatic rings. The standard InChI is InChI=1S/C22H24FN7O2/c1-32-18-12(23)4-2-5-14(18)28-17-15-19(30-16(17)13-6-9-26-21(24)29-13)22(11-27-20(15)31)7-3-8-25-10-22/h2,4-6,9,25,28,30H,3,7-8,10-11H2,1H3,(H,27,31)(H2,24,26,29)/t22-/m0/s1. The largest absolute Gasteiger partial charge is 0.492 e. The molecule has 1 spiro atoms. The summed E-state index contributed by atoms with van der Waals surface area (Å²) in [7, 11) is 1.40. The van der Waals surface area contributed by atoms with Crippen LogP contribution in [0.4, 0.5) is 21.7 Å². The summed E-state index contributed by atoms with van der Waals surface area (Å²) < 4.78 is 19.6. The summed E-state index contributed by atoms with van der Waals surface area (Å²) in [4.78, 5) is 24.9. The first kappa shape index (κ1) is 20.3. The van der Waals surface area contributed by atoms with Crippen molar-refractivity contribution in [2.45, 2.75) is 18.3 Å². The van der Waals surface area contributed by atoms with E-state index in [2.05, 4.69) is 30.9 Å². The van der Waals surface area contributed by atoms with Gasteiger partial charge in [-0.1, -0.05) is 6.07 Å². The predicted molar refractivity (Wildman–Crippen MR) is 119 cm³/mol. The Morgan fingerprint density at radius 3 is 2.91 bits per heavy atom.